The van der Waals surface area contributed by atoms with Crippen molar-refractivity contribution in [2.45, 2.75) is 26.9 Å². The van der Waals surface area contributed by atoms with Gasteiger partial charge in [0.05, 0.1) is 20.2 Å². The van der Waals surface area contributed by atoms with Gasteiger partial charge in [-0.25, -0.2) is 4.99 Å². The molecule has 7 heteroatoms. The quantitative estimate of drug-likeness (QED) is 0.349. The smallest absolute Gasteiger partial charge is 0.191 e. The Kier molecular flexibility index (Phi) is 8.91. The van der Waals surface area contributed by atoms with Crippen LogP contribution in [0, 0.1) is 6.92 Å². The molecule has 0 saturated heterocycles. The lowest BCUT2D eigenvalue weighted by Crippen LogP contribution is -2.36. The molecule has 0 fully saturated rings. The lowest BCUT2D eigenvalue weighted by atomic mass is 10.2. The average molecular weight is 461 g/mol. The van der Waals surface area contributed by atoms with Gasteiger partial charge in [-0.1, -0.05) is 12.1 Å². The molecule has 0 spiro atoms. The predicted octanol–water partition coefficient (Wildman–Crippen LogP) is 3.64. The number of aryl methyl sites for hydroxylation is 1. The minimum Gasteiger partial charge on any atom is -0.504 e. The first-order valence-electron chi connectivity index (χ1n) is 7.56. The predicted molar refractivity (Wildman–Crippen MR) is 111 cm³/mol. The molecule has 0 aliphatic carbocycles. The molecular weight excluding hydrogens is 437 g/mol. The Morgan fingerprint density at radius 2 is 2.04 bits per heavy atom. The van der Waals surface area contributed by atoms with Crippen molar-refractivity contribution in [2.75, 3.05) is 13.7 Å². The van der Waals surface area contributed by atoms with Crippen molar-refractivity contribution in [2.24, 2.45) is 4.99 Å². The third-order valence-corrected chi connectivity index (χ3v) is 4.28. The van der Waals surface area contributed by atoms with E-state index in [4.69, 9.17) is 4.74 Å². The van der Waals surface area contributed by atoms with E-state index in [-0.39, 0.29) is 29.7 Å². The number of thiophene rings is 1. The number of methoxy groups -OCH3 is 1. The Morgan fingerprint density at radius 1 is 1.25 bits per heavy atom. The normalized spacial score (nSPS) is 10.9. The standard InChI is InChI=1S/C17H23N3O2S.HI/c1-4-18-17(20-11-14-9-8-12(2)23-14)19-10-13-6-5-7-15(22-3)16(13)21;/h5-9,21H,4,10-11H2,1-3H3,(H2,18,19,20);1H. The third kappa shape index (κ3) is 5.86. The molecule has 132 valence electrons. The molecule has 0 saturated carbocycles. The van der Waals surface area contributed by atoms with Gasteiger partial charge >= 0.3 is 0 Å². The van der Waals surface area contributed by atoms with E-state index >= 15 is 0 Å². The van der Waals surface area contributed by atoms with Crippen LogP contribution in [0.1, 0.15) is 22.2 Å². The number of para-hydroxylation sites is 1. The first-order chi connectivity index (χ1) is 11.1. The molecule has 5 nitrogen and oxygen atoms in total. The molecule has 1 heterocycles. The number of nitrogens with one attached hydrogen (secondary N) is 2. The second-order valence-electron chi connectivity index (χ2n) is 5.03. The summed E-state index contributed by atoms with van der Waals surface area (Å²) in [4.78, 5) is 7.08. The van der Waals surface area contributed by atoms with Crippen molar-refractivity contribution in [3.8, 4) is 11.5 Å². The van der Waals surface area contributed by atoms with E-state index in [0.29, 0.717) is 12.3 Å². The van der Waals surface area contributed by atoms with E-state index < -0.39 is 0 Å². The van der Waals surface area contributed by atoms with E-state index in [1.54, 1.807) is 17.4 Å². The van der Waals surface area contributed by atoms with Crippen molar-refractivity contribution in [1.82, 2.24) is 10.6 Å². The summed E-state index contributed by atoms with van der Waals surface area (Å²) >= 11 is 1.77. The fraction of sp³-hybridized carbons (Fsp3) is 0.353. The van der Waals surface area contributed by atoms with E-state index in [2.05, 4.69) is 34.7 Å². The molecular formula is C17H24IN3O2S. The summed E-state index contributed by atoms with van der Waals surface area (Å²) in [5.41, 5.74) is 0.730. The minimum atomic E-state index is 0. The number of halogens is 1. The largest absolute Gasteiger partial charge is 0.504 e. The molecule has 0 unspecified atom stereocenters. The summed E-state index contributed by atoms with van der Waals surface area (Å²) in [5.74, 6) is 1.33. The summed E-state index contributed by atoms with van der Waals surface area (Å²) in [5, 5.41) is 16.6. The fourth-order valence-corrected chi connectivity index (χ4v) is 2.95. The maximum absolute atomic E-state index is 10.1. The second kappa shape index (κ2) is 10.4. The topological polar surface area (TPSA) is 65.9 Å². The maximum atomic E-state index is 10.1. The van der Waals surface area contributed by atoms with Crippen LogP contribution >= 0.6 is 35.3 Å². The minimum absolute atomic E-state index is 0. The van der Waals surface area contributed by atoms with Crippen molar-refractivity contribution in [3.63, 3.8) is 0 Å². The van der Waals surface area contributed by atoms with Gasteiger partial charge in [0.25, 0.3) is 0 Å². The lowest BCUT2D eigenvalue weighted by Gasteiger charge is -2.11. The van der Waals surface area contributed by atoms with Gasteiger partial charge in [-0.05, 0) is 32.0 Å². The molecule has 0 aliphatic heterocycles. The highest BCUT2D eigenvalue weighted by Gasteiger charge is 2.07. The number of phenolic OH excluding ortho intramolecular Hbond substituents is 1. The molecule has 3 N–H and O–H groups in total. The molecule has 0 bridgehead atoms. The van der Waals surface area contributed by atoms with Gasteiger partial charge in [-0.3, -0.25) is 0 Å². The Hall–Kier alpha value is -1.48. The molecule has 0 radical (unpaired) electrons. The number of ether oxygens (including phenoxy) is 1. The van der Waals surface area contributed by atoms with Gasteiger partial charge in [-0.15, -0.1) is 35.3 Å². The van der Waals surface area contributed by atoms with Crippen LogP contribution in [-0.4, -0.2) is 24.7 Å². The zero-order valence-electron chi connectivity index (χ0n) is 14.1. The van der Waals surface area contributed by atoms with Crippen LogP contribution in [0.4, 0.5) is 0 Å². The van der Waals surface area contributed by atoms with Gasteiger partial charge < -0.3 is 20.5 Å². The van der Waals surface area contributed by atoms with Crippen LogP contribution in [0.25, 0.3) is 0 Å². The lowest BCUT2D eigenvalue weighted by molar-refractivity contribution is 0.370. The number of guanidine groups is 1. The molecule has 24 heavy (non-hydrogen) atoms. The number of hydrogen-bond acceptors (Lipinski definition) is 4. The van der Waals surface area contributed by atoms with E-state index in [9.17, 15) is 5.11 Å². The summed E-state index contributed by atoms with van der Waals surface area (Å²) in [7, 11) is 1.54. The first kappa shape index (κ1) is 20.6. The number of aliphatic imine (C=N–C) groups is 1. The van der Waals surface area contributed by atoms with E-state index in [1.165, 1.54) is 16.9 Å². The molecule has 0 aliphatic rings. The SMILES string of the molecule is CCNC(=NCc1cccc(OC)c1O)NCc1ccc(C)s1.I. The monoisotopic (exact) mass is 461 g/mol. The number of nitrogens with zero attached hydrogens (tertiary/aromatic N) is 1. The van der Waals surface area contributed by atoms with Crippen LogP contribution in [0.5, 0.6) is 11.5 Å². The van der Waals surface area contributed by atoms with Crippen LogP contribution in [0.2, 0.25) is 0 Å². The zero-order valence-corrected chi connectivity index (χ0v) is 17.3. The third-order valence-electron chi connectivity index (χ3n) is 3.28. The number of benzene rings is 1. The van der Waals surface area contributed by atoms with Gasteiger partial charge in [-0.2, -0.15) is 0 Å². The first-order valence-corrected chi connectivity index (χ1v) is 8.38. The maximum Gasteiger partial charge on any atom is 0.191 e. The van der Waals surface area contributed by atoms with Gasteiger partial charge in [0.2, 0.25) is 0 Å². The van der Waals surface area contributed by atoms with Crippen LogP contribution in [0.3, 0.4) is 0 Å². The molecule has 0 amide bonds. The Morgan fingerprint density at radius 3 is 2.67 bits per heavy atom. The summed E-state index contributed by atoms with van der Waals surface area (Å²) in [6, 6.07) is 9.64. The van der Waals surface area contributed by atoms with Gasteiger partial charge in [0.1, 0.15) is 0 Å². The number of aromatic hydroxyl groups is 1. The summed E-state index contributed by atoms with van der Waals surface area (Å²) < 4.78 is 5.12. The summed E-state index contributed by atoms with van der Waals surface area (Å²) in [6.45, 7) is 6.00. The molecule has 0 atom stereocenters. The van der Waals surface area contributed by atoms with Crippen molar-refractivity contribution >= 4 is 41.3 Å². The zero-order chi connectivity index (χ0) is 16.7. The van der Waals surface area contributed by atoms with Gasteiger partial charge in [0, 0.05) is 21.9 Å². The molecule has 2 rings (SSSR count). The number of rotatable bonds is 6. The van der Waals surface area contributed by atoms with Crippen LogP contribution in [0.15, 0.2) is 35.3 Å². The number of hydrogen-bond donors (Lipinski definition) is 3. The highest BCUT2D eigenvalue weighted by Crippen LogP contribution is 2.29. The fourth-order valence-electron chi connectivity index (χ4n) is 2.12. The van der Waals surface area contributed by atoms with Crippen LogP contribution < -0.4 is 15.4 Å². The molecule has 1 aromatic carbocycles. The second-order valence-corrected chi connectivity index (χ2v) is 6.40. The van der Waals surface area contributed by atoms with Gasteiger partial charge in [0.15, 0.2) is 17.5 Å². The average Bonchev–Trinajstić information content (AvgIpc) is 2.96. The van der Waals surface area contributed by atoms with Crippen molar-refractivity contribution < 1.29 is 9.84 Å². The van der Waals surface area contributed by atoms with Crippen molar-refractivity contribution in [3.05, 3.63) is 45.6 Å². The Balaban J connectivity index is 0.00000288. The van der Waals surface area contributed by atoms with Crippen molar-refractivity contribution in [1.29, 1.82) is 0 Å². The highest BCUT2D eigenvalue weighted by atomic mass is 127. The van der Waals surface area contributed by atoms with E-state index in [0.717, 1.165) is 24.6 Å². The summed E-state index contributed by atoms with van der Waals surface area (Å²) in [6.07, 6.45) is 0. The highest BCUT2D eigenvalue weighted by molar-refractivity contribution is 14.0. The molecule has 2 aromatic rings. The number of phenols is 1. The Labute approximate surface area is 164 Å². The molecule has 1 aromatic heterocycles. The van der Waals surface area contributed by atoms with E-state index in [1.807, 2.05) is 19.1 Å². The Bertz CT molecular complexity index is 674. The van der Waals surface area contributed by atoms with Crippen LogP contribution in [-0.2, 0) is 13.1 Å².